The van der Waals surface area contributed by atoms with E-state index in [9.17, 15) is 22.8 Å². The van der Waals surface area contributed by atoms with E-state index in [2.05, 4.69) is 9.88 Å². The maximum Gasteiger partial charge on any atom is 0.420 e. The molecule has 4 rings (SSSR count). The fourth-order valence-corrected chi connectivity index (χ4v) is 3.62. The Hall–Kier alpha value is -2.81. The van der Waals surface area contributed by atoms with Gasteiger partial charge in [-0.25, -0.2) is 14.1 Å². The van der Waals surface area contributed by atoms with Crippen LogP contribution in [0.15, 0.2) is 42.7 Å². The van der Waals surface area contributed by atoms with Crippen LogP contribution in [-0.4, -0.2) is 36.1 Å². The number of fused-ring (bicyclic) bond motifs is 1. The summed E-state index contributed by atoms with van der Waals surface area (Å²) in [6.07, 6.45) is -2.49. The van der Waals surface area contributed by atoms with Crippen molar-refractivity contribution in [2.45, 2.75) is 12.7 Å². The maximum absolute atomic E-state index is 13.4. The third-order valence-electron chi connectivity index (χ3n) is 5.04. The minimum absolute atomic E-state index is 0.0985. The first-order valence-electron chi connectivity index (χ1n) is 8.85. The van der Waals surface area contributed by atoms with Gasteiger partial charge in [0.25, 0.3) is 5.65 Å². The number of H-pyrrole nitrogens is 1. The lowest BCUT2D eigenvalue weighted by Crippen LogP contribution is -2.46. The second kappa shape index (κ2) is 6.97. The summed E-state index contributed by atoms with van der Waals surface area (Å²) in [4.78, 5) is 6.48. The van der Waals surface area contributed by atoms with Crippen LogP contribution in [0.25, 0.3) is 11.0 Å². The number of pyridine rings is 1. The van der Waals surface area contributed by atoms with Gasteiger partial charge in [0.1, 0.15) is 23.0 Å². The van der Waals surface area contributed by atoms with Gasteiger partial charge >= 0.3 is 6.18 Å². The van der Waals surface area contributed by atoms with Gasteiger partial charge in [-0.1, -0.05) is 12.1 Å². The van der Waals surface area contributed by atoms with Crippen molar-refractivity contribution in [3.63, 3.8) is 0 Å². The molecule has 148 valence electrons. The Kier molecular flexibility index (Phi) is 4.62. The molecule has 9 heteroatoms. The number of piperazine rings is 1. The molecule has 0 unspecified atom stereocenters. The van der Waals surface area contributed by atoms with Crippen molar-refractivity contribution in [1.82, 2.24) is 9.88 Å². The summed E-state index contributed by atoms with van der Waals surface area (Å²) in [7, 11) is 0. The van der Waals surface area contributed by atoms with Crippen molar-refractivity contribution in [3.8, 4) is 0 Å². The van der Waals surface area contributed by atoms with Crippen molar-refractivity contribution in [3.05, 3.63) is 64.9 Å². The number of nitrogens with zero attached hydrogens (tertiary/aromatic N) is 3. The standard InChI is InChI=1S/C19H18F4N4O/c20-14-3-1-13(2-4-14)12-25-7-9-26(10-8-25)16-5-6-27(28)18-17(16)15(11-24-18)19(21,22)23/h1-6,11,24H,7-10,12H2. The van der Waals surface area contributed by atoms with Crippen LogP contribution in [0, 0.1) is 11.0 Å². The molecule has 1 fully saturated rings. The second-order valence-electron chi connectivity index (χ2n) is 6.84. The Morgan fingerprint density at radius 2 is 1.71 bits per heavy atom. The number of nitrogens with one attached hydrogen (secondary N) is 1. The maximum atomic E-state index is 13.4. The Morgan fingerprint density at radius 1 is 1.04 bits per heavy atom. The number of halogens is 4. The number of anilines is 1. The summed E-state index contributed by atoms with van der Waals surface area (Å²) >= 11 is 0. The average Bonchev–Trinajstić information content (AvgIpc) is 3.11. The van der Waals surface area contributed by atoms with Crippen LogP contribution in [0.4, 0.5) is 23.2 Å². The summed E-state index contributed by atoms with van der Waals surface area (Å²) < 4.78 is 53.6. The van der Waals surface area contributed by atoms with Crippen molar-refractivity contribution < 1.29 is 22.3 Å². The third-order valence-corrected chi connectivity index (χ3v) is 5.04. The number of hydrogen-bond acceptors (Lipinski definition) is 3. The Morgan fingerprint density at radius 3 is 2.36 bits per heavy atom. The quantitative estimate of drug-likeness (QED) is 0.421. The molecule has 1 saturated heterocycles. The second-order valence-corrected chi connectivity index (χ2v) is 6.84. The molecule has 0 atom stereocenters. The summed E-state index contributed by atoms with van der Waals surface area (Å²) in [6, 6.07) is 7.72. The molecule has 28 heavy (non-hydrogen) atoms. The van der Waals surface area contributed by atoms with Gasteiger partial charge in [-0.2, -0.15) is 13.2 Å². The lowest BCUT2D eigenvalue weighted by Gasteiger charge is -2.36. The van der Waals surface area contributed by atoms with Crippen LogP contribution in [0.5, 0.6) is 0 Å². The van der Waals surface area contributed by atoms with Crippen molar-refractivity contribution in [2.24, 2.45) is 0 Å². The molecule has 0 aliphatic carbocycles. The molecule has 0 radical (unpaired) electrons. The summed E-state index contributed by atoms with van der Waals surface area (Å²) in [5.41, 5.74) is 0.446. The molecule has 5 nitrogen and oxygen atoms in total. The van der Waals surface area contributed by atoms with Crippen LogP contribution in [0.2, 0.25) is 0 Å². The largest absolute Gasteiger partial charge is 0.711 e. The van der Waals surface area contributed by atoms with E-state index in [-0.39, 0.29) is 16.9 Å². The van der Waals surface area contributed by atoms with E-state index in [0.717, 1.165) is 11.8 Å². The number of alkyl halides is 3. The van der Waals surface area contributed by atoms with Gasteiger partial charge in [0, 0.05) is 38.8 Å². The normalized spacial score (nSPS) is 16.1. The number of benzene rings is 1. The highest BCUT2D eigenvalue weighted by atomic mass is 19.4. The minimum atomic E-state index is -4.55. The highest BCUT2D eigenvalue weighted by Crippen LogP contribution is 2.38. The monoisotopic (exact) mass is 394 g/mol. The summed E-state index contributed by atoms with van der Waals surface area (Å²) in [5.74, 6) is -0.288. The lowest BCUT2D eigenvalue weighted by atomic mass is 10.1. The molecule has 0 saturated carbocycles. The molecule has 0 amide bonds. The zero-order chi connectivity index (χ0) is 19.9. The topological polar surface area (TPSA) is 49.2 Å². The molecule has 0 bridgehead atoms. The molecule has 1 aliphatic rings. The fourth-order valence-electron chi connectivity index (χ4n) is 3.62. The predicted molar refractivity (Wildman–Crippen MR) is 96.2 cm³/mol. The SMILES string of the molecule is [O-][n+]1ccc(N2CCN(Cc3ccc(F)cc3)CC2)c2c(C(F)(F)F)c[nH]c21. The van der Waals surface area contributed by atoms with Crippen LogP contribution in [0.1, 0.15) is 11.1 Å². The van der Waals surface area contributed by atoms with Gasteiger partial charge in [-0.05, 0) is 17.7 Å². The molecule has 1 N–H and O–H groups in total. The molecule has 1 aliphatic heterocycles. The average molecular weight is 394 g/mol. The van der Waals surface area contributed by atoms with Crippen molar-refractivity contribution >= 4 is 16.7 Å². The van der Waals surface area contributed by atoms with Crippen LogP contribution in [0.3, 0.4) is 0 Å². The van der Waals surface area contributed by atoms with Crippen molar-refractivity contribution in [1.29, 1.82) is 0 Å². The van der Waals surface area contributed by atoms with E-state index >= 15 is 0 Å². The van der Waals surface area contributed by atoms with E-state index in [1.54, 1.807) is 12.1 Å². The summed E-state index contributed by atoms with van der Waals surface area (Å²) in [5, 5.41) is 11.8. The first kappa shape index (κ1) is 18.5. The molecule has 1 aromatic carbocycles. The Balaban J connectivity index is 1.55. The van der Waals surface area contributed by atoms with Gasteiger partial charge < -0.3 is 10.1 Å². The van der Waals surface area contributed by atoms with E-state index in [4.69, 9.17) is 0 Å². The zero-order valence-corrected chi connectivity index (χ0v) is 14.8. The summed E-state index contributed by atoms with van der Waals surface area (Å²) in [6.45, 7) is 3.01. The molecule has 0 spiro atoms. The third kappa shape index (κ3) is 3.49. The van der Waals surface area contributed by atoms with E-state index < -0.39 is 11.7 Å². The molecular weight excluding hydrogens is 376 g/mol. The van der Waals surface area contributed by atoms with Gasteiger partial charge in [0.2, 0.25) is 0 Å². The van der Waals surface area contributed by atoms with E-state index in [1.807, 2.05) is 4.90 Å². The molecular formula is C19H18F4N4O. The van der Waals surface area contributed by atoms with E-state index in [0.29, 0.717) is 43.1 Å². The van der Waals surface area contributed by atoms with Crippen LogP contribution < -0.4 is 9.63 Å². The first-order valence-corrected chi connectivity index (χ1v) is 8.85. The number of aromatic nitrogens is 2. The number of hydrogen-bond donors (Lipinski definition) is 1. The van der Waals surface area contributed by atoms with Gasteiger partial charge in [-0.15, -0.1) is 0 Å². The minimum Gasteiger partial charge on any atom is -0.711 e. The highest BCUT2D eigenvalue weighted by Gasteiger charge is 2.38. The predicted octanol–water partition coefficient (Wildman–Crippen LogP) is 3.28. The molecule has 3 heterocycles. The number of rotatable bonds is 3. The lowest BCUT2D eigenvalue weighted by molar-refractivity contribution is -0.578. The van der Waals surface area contributed by atoms with Crippen molar-refractivity contribution in [2.75, 3.05) is 31.1 Å². The zero-order valence-electron chi connectivity index (χ0n) is 14.8. The van der Waals surface area contributed by atoms with E-state index in [1.165, 1.54) is 24.4 Å². The smallest absolute Gasteiger partial charge is 0.420 e. The first-order chi connectivity index (χ1) is 13.3. The highest BCUT2D eigenvalue weighted by molar-refractivity contribution is 5.91. The molecule has 2 aromatic heterocycles. The van der Waals surface area contributed by atoms with Gasteiger partial charge in [0.05, 0.1) is 11.9 Å². The Labute approximate surface area is 158 Å². The van der Waals surface area contributed by atoms with Gasteiger partial charge in [-0.3, -0.25) is 4.90 Å². The fraction of sp³-hybridized carbons (Fsp3) is 0.316. The Bertz CT molecular complexity index is 976. The number of aromatic amines is 1. The molecule has 3 aromatic rings. The van der Waals surface area contributed by atoms with Gasteiger partial charge in [0.15, 0.2) is 0 Å². The van der Waals surface area contributed by atoms with Crippen LogP contribution in [-0.2, 0) is 12.7 Å². The van der Waals surface area contributed by atoms with Crippen LogP contribution >= 0.6 is 0 Å².